The highest BCUT2D eigenvalue weighted by Crippen LogP contribution is 2.47. The average Bonchev–Trinajstić information content (AvgIpc) is 2.66. The van der Waals surface area contributed by atoms with Crippen molar-refractivity contribution in [1.29, 1.82) is 0 Å². The number of fused-ring (bicyclic) bond motifs is 4. The molecule has 0 unspecified atom stereocenters. The molecule has 4 aromatic rings. The van der Waals surface area contributed by atoms with Crippen molar-refractivity contribution >= 4 is 26.7 Å². The lowest BCUT2D eigenvalue weighted by atomic mass is 9.89. The molecule has 0 atom stereocenters. The van der Waals surface area contributed by atoms with Crippen LogP contribution in [0.5, 0.6) is 5.75 Å². The number of ether oxygens (including phenoxy) is 1. The fraction of sp³-hybridized carbons (Fsp3) is 0.0435. The van der Waals surface area contributed by atoms with Crippen molar-refractivity contribution in [1.82, 2.24) is 0 Å². The zero-order valence-electron chi connectivity index (χ0n) is 13.5. The van der Waals surface area contributed by atoms with Crippen LogP contribution in [0.1, 0.15) is 5.56 Å². The molecule has 0 fully saturated rings. The van der Waals surface area contributed by atoms with Crippen LogP contribution in [-0.2, 0) is 6.61 Å². The maximum absolute atomic E-state index is 6.27. The molecule has 0 aliphatic carbocycles. The summed E-state index contributed by atoms with van der Waals surface area (Å²) in [5.74, 6) is 0.982. The number of benzene rings is 4. The maximum atomic E-state index is 6.27. The van der Waals surface area contributed by atoms with Gasteiger partial charge in [0.25, 0.3) is 0 Å². The van der Waals surface area contributed by atoms with E-state index in [4.69, 9.17) is 4.74 Å². The van der Waals surface area contributed by atoms with Crippen molar-refractivity contribution in [2.75, 3.05) is 0 Å². The molecule has 1 heterocycles. The van der Waals surface area contributed by atoms with E-state index >= 15 is 0 Å². The van der Waals surface area contributed by atoms with Crippen molar-refractivity contribution < 1.29 is 4.74 Å². The van der Waals surface area contributed by atoms with Gasteiger partial charge >= 0.3 is 0 Å². The van der Waals surface area contributed by atoms with Crippen LogP contribution in [0.15, 0.2) is 83.3 Å². The first-order valence-electron chi connectivity index (χ1n) is 8.34. The Morgan fingerprint density at radius 1 is 0.760 bits per heavy atom. The Hall–Kier alpha value is -2.58. The zero-order valence-corrected chi connectivity index (χ0v) is 15.1. The molecule has 0 bridgehead atoms. The van der Waals surface area contributed by atoms with Crippen molar-refractivity contribution in [2.24, 2.45) is 0 Å². The highest BCUT2D eigenvalue weighted by molar-refractivity contribution is 9.10. The molecule has 0 aromatic heterocycles. The quantitative estimate of drug-likeness (QED) is 0.348. The zero-order chi connectivity index (χ0) is 16.8. The molecule has 2 heteroatoms. The third-order valence-corrected chi connectivity index (χ3v) is 5.29. The summed E-state index contributed by atoms with van der Waals surface area (Å²) in [6.45, 7) is 0.614. The first kappa shape index (κ1) is 14.7. The van der Waals surface area contributed by atoms with Gasteiger partial charge < -0.3 is 4.74 Å². The third-order valence-electron chi connectivity index (χ3n) is 4.79. The van der Waals surface area contributed by atoms with Gasteiger partial charge in [0, 0.05) is 15.6 Å². The van der Waals surface area contributed by atoms with E-state index in [1.807, 2.05) is 0 Å². The molecule has 0 spiro atoms. The summed E-state index contributed by atoms with van der Waals surface area (Å²) in [6.07, 6.45) is 0. The van der Waals surface area contributed by atoms with Gasteiger partial charge in [0.1, 0.15) is 12.4 Å². The second-order valence-corrected chi connectivity index (χ2v) is 7.22. The molecule has 0 radical (unpaired) electrons. The summed E-state index contributed by atoms with van der Waals surface area (Å²) >= 11 is 3.60. The molecule has 4 aromatic carbocycles. The molecule has 0 saturated heterocycles. The van der Waals surface area contributed by atoms with Gasteiger partial charge in [-0.05, 0) is 45.7 Å². The fourth-order valence-electron chi connectivity index (χ4n) is 3.67. The summed E-state index contributed by atoms with van der Waals surface area (Å²) in [6, 6.07) is 27.7. The molecule has 0 saturated carbocycles. The van der Waals surface area contributed by atoms with Gasteiger partial charge in [-0.3, -0.25) is 0 Å². The van der Waals surface area contributed by atoms with Gasteiger partial charge in [-0.2, -0.15) is 0 Å². The number of hydrogen-bond donors (Lipinski definition) is 0. The Kier molecular flexibility index (Phi) is 3.39. The first-order valence-corrected chi connectivity index (χ1v) is 9.13. The van der Waals surface area contributed by atoms with Crippen molar-refractivity contribution in [3.8, 4) is 28.0 Å². The van der Waals surface area contributed by atoms with Gasteiger partial charge in [0.15, 0.2) is 0 Å². The van der Waals surface area contributed by atoms with Crippen LogP contribution in [0.25, 0.3) is 33.0 Å². The molecular formula is C23H15BrO. The Morgan fingerprint density at radius 2 is 1.60 bits per heavy atom. The first-order chi connectivity index (χ1) is 12.3. The van der Waals surface area contributed by atoms with E-state index in [1.165, 1.54) is 38.6 Å². The third kappa shape index (κ3) is 2.37. The second-order valence-electron chi connectivity index (χ2n) is 6.31. The van der Waals surface area contributed by atoms with Gasteiger partial charge in [-0.15, -0.1) is 0 Å². The van der Waals surface area contributed by atoms with E-state index in [2.05, 4.69) is 94.8 Å². The van der Waals surface area contributed by atoms with Crippen LogP contribution in [0.3, 0.4) is 0 Å². The number of rotatable bonds is 1. The molecule has 1 nitrogen and oxygen atoms in total. The number of halogens is 1. The van der Waals surface area contributed by atoms with E-state index < -0.39 is 0 Å². The van der Waals surface area contributed by atoms with E-state index in [-0.39, 0.29) is 0 Å². The van der Waals surface area contributed by atoms with E-state index in [1.54, 1.807) is 0 Å². The van der Waals surface area contributed by atoms with Crippen LogP contribution >= 0.6 is 15.9 Å². The predicted octanol–water partition coefficient (Wildman–Crippen LogP) is 6.83. The molecule has 0 amide bonds. The summed E-state index contributed by atoms with van der Waals surface area (Å²) in [7, 11) is 0. The lowest BCUT2D eigenvalue weighted by Gasteiger charge is -2.25. The fourth-order valence-corrected chi connectivity index (χ4v) is 4.07. The van der Waals surface area contributed by atoms with Crippen LogP contribution in [0, 0.1) is 0 Å². The summed E-state index contributed by atoms with van der Waals surface area (Å²) in [4.78, 5) is 0. The van der Waals surface area contributed by atoms with E-state index in [0.717, 1.165) is 10.2 Å². The van der Waals surface area contributed by atoms with Crippen molar-refractivity contribution in [3.05, 3.63) is 88.9 Å². The van der Waals surface area contributed by atoms with Crippen LogP contribution in [0.2, 0.25) is 0 Å². The Labute approximate surface area is 155 Å². The molecule has 120 valence electrons. The largest absolute Gasteiger partial charge is 0.488 e. The predicted molar refractivity (Wildman–Crippen MR) is 107 cm³/mol. The molecular weight excluding hydrogens is 372 g/mol. The maximum Gasteiger partial charge on any atom is 0.136 e. The Morgan fingerprint density at radius 3 is 2.52 bits per heavy atom. The summed E-state index contributed by atoms with van der Waals surface area (Å²) < 4.78 is 7.34. The number of hydrogen-bond acceptors (Lipinski definition) is 1. The van der Waals surface area contributed by atoms with Gasteiger partial charge in [0.2, 0.25) is 0 Å². The lowest BCUT2D eigenvalue weighted by Crippen LogP contribution is -2.06. The second kappa shape index (κ2) is 5.75. The Balaban J connectivity index is 1.91. The Bertz CT molecular complexity index is 1110. The van der Waals surface area contributed by atoms with Crippen LogP contribution in [0.4, 0.5) is 0 Å². The van der Waals surface area contributed by atoms with Crippen LogP contribution < -0.4 is 4.74 Å². The minimum atomic E-state index is 0.614. The molecule has 1 aliphatic heterocycles. The highest BCUT2D eigenvalue weighted by Gasteiger charge is 2.23. The topological polar surface area (TPSA) is 9.23 Å². The minimum absolute atomic E-state index is 0.614. The lowest BCUT2D eigenvalue weighted by molar-refractivity contribution is 0.304. The molecule has 1 aliphatic rings. The highest BCUT2D eigenvalue weighted by atomic mass is 79.9. The molecule has 25 heavy (non-hydrogen) atoms. The summed E-state index contributed by atoms with van der Waals surface area (Å²) in [5.41, 5.74) is 6.03. The molecule has 5 rings (SSSR count). The normalized spacial score (nSPS) is 12.4. The molecule has 0 N–H and O–H groups in total. The standard InChI is InChI=1S/C23H15BrO/c24-18-9-5-8-16(12-18)22-20-11-4-1-6-15(20)13-21-19-10-3-2-7-17(19)14-25-23(21)22/h1-13H,14H2. The van der Waals surface area contributed by atoms with Crippen molar-refractivity contribution in [3.63, 3.8) is 0 Å². The minimum Gasteiger partial charge on any atom is -0.488 e. The van der Waals surface area contributed by atoms with E-state index in [9.17, 15) is 0 Å². The monoisotopic (exact) mass is 386 g/mol. The van der Waals surface area contributed by atoms with Gasteiger partial charge in [-0.25, -0.2) is 0 Å². The smallest absolute Gasteiger partial charge is 0.136 e. The SMILES string of the molecule is Brc1cccc(-c2c3c(cc4ccccc24)-c2ccccc2CO3)c1. The van der Waals surface area contributed by atoms with Gasteiger partial charge in [-0.1, -0.05) is 76.6 Å². The average molecular weight is 387 g/mol. The van der Waals surface area contributed by atoms with Crippen LogP contribution in [-0.4, -0.2) is 0 Å². The van der Waals surface area contributed by atoms with Crippen molar-refractivity contribution in [2.45, 2.75) is 6.61 Å². The van der Waals surface area contributed by atoms with E-state index in [0.29, 0.717) is 6.61 Å². The summed E-state index contributed by atoms with van der Waals surface area (Å²) in [5, 5.41) is 2.45. The van der Waals surface area contributed by atoms with Gasteiger partial charge in [0.05, 0.1) is 0 Å².